The van der Waals surface area contributed by atoms with E-state index in [9.17, 15) is 13.2 Å². The summed E-state index contributed by atoms with van der Waals surface area (Å²) in [7, 11) is -1.64. The molecule has 0 aliphatic heterocycles. The maximum atomic E-state index is 12.2. The van der Waals surface area contributed by atoms with E-state index in [2.05, 4.69) is 15.5 Å². The predicted molar refractivity (Wildman–Crippen MR) is 107 cm³/mol. The van der Waals surface area contributed by atoms with Gasteiger partial charge in [0.25, 0.3) is 0 Å². The van der Waals surface area contributed by atoms with Crippen molar-refractivity contribution >= 4 is 21.8 Å². The Labute approximate surface area is 168 Å². The first-order chi connectivity index (χ1) is 13.7. The van der Waals surface area contributed by atoms with Gasteiger partial charge >= 0.3 is 6.01 Å². The van der Waals surface area contributed by atoms with E-state index in [1.807, 2.05) is 25.1 Å². The summed E-state index contributed by atoms with van der Waals surface area (Å²) in [6, 6.07) is 12.0. The zero-order chi connectivity index (χ0) is 21.0. The summed E-state index contributed by atoms with van der Waals surface area (Å²) in [5.41, 5.74) is 2.60. The second-order valence-electron chi connectivity index (χ2n) is 6.62. The molecule has 3 aromatic rings. The number of aromatic nitrogens is 2. The summed E-state index contributed by atoms with van der Waals surface area (Å²) < 4.78 is 33.7. The van der Waals surface area contributed by atoms with E-state index in [4.69, 9.17) is 9.15 Å². The number of methoxy groups -OCH3 is 1. The third-order valence-corrected chi connectivity index (χ3v) is 5.37. The van der Waals surface area contributed by atoms with Crippen LogP contribution in [-0.2, 0) is 27.5 Å². The highest BCUT2D eigenvalue weighted by Crippen LogP contribution is 2.19. The van der Waals surface area contributed by atoms with E-state index >= 15 is 0 Å². The van der Waals surface area contributed by atoms with E-state index in [0.717, 1.165) is 28.7 Å². The van der Waals surface area contributed by atoms with Crippen molar-refractivity contribution in [3.8, 4) is 5.75 Å². The fourth-order valence-electron chi connectivity index (χ4n) is 2.80. The average Bonchev–Trinajstić information content (AvgIpc) is 3.08. The third kappa shape index (κ3) is 5.41. The lowest BCUT2D eigenvalue weighted by Gasteiger charge is -2.07. The number of aryl methyl sites for hydroxylation is 1. The van der Waals surface area contributed by atoms with Crippen LogP contribution in [0.5, 0.6) is 5.75 Å². The summed E-state index contributed by atoms with van der Waals surface area (Å²) >= 11 is 0. The molecule has 0 fully saturated rings. The van der Waals surface area contributed by atoms with Gasteiger partial charge in [-0.1, -0.05) is 29.4 Å². The van der Waals surface area contributed by atoms with E-state index in [-0.39, 0.29) is 23.2 Å². The average molecular weight is 415 g/mol. The summed E-state index contributed by atoms with van der Waals surface area (Å²) in [5.74, 6) is 0.801. The second kappa shape index (κ2) is 8.44. The molecule has 0 saturated heterocycles. The molecular weight excluding hydrogens is 394 g/mol. The van der Waals surface area contributed by atoms with Crippen LogP contribution in [0.3, 0.4) is 0 Å². The summed E-state index contributed by atoms with van der Waals surface area (Å²) in [6.07, 6.45) is 1.64. The number of rotatable bonds is 7. The lowest BCUT2D eigenvalue weighted by molar-refractivity contribution is -0.115. The highest BCUT2D eigenvalue weighted by atomic mass is 32.2. The van der Waals surface area contributed by atoms with Crippen LogP contribution in [0.2, 0.25) is 0 Å². The quantitative estimate of drug-likeness (QED) is 0.631. The van der Waals surface area contributed by atoms with Gasteiger partial charge in [-0.05, 0) is 41.8 Å². The van der Waals surface area contributed by atoms with Crippen LogP contribution in [0.15, 0.2) is 51.8 Å². The number of benzene rings is 2. The SMILES string of the molecule is COc1ccc(CC(=O)Nc2nnc(Cc3ccc(S(C)(=O)=O)cc3)o2)cc1C. The largest absolute Gasteiger partial charge is 0.496 e. The number of ether oxygens (including phenoxy) is 1. The standard InChI is InChI=1S/C20H21N3O5S/c1-13-10-15(6-9-17(13)27-2)11-18(24)21-20-23-22-19(28-20)12-14-4-7-16(8-5-14)29(3,25)26/h4-10H,11-12H2,1-3H3,(H,21,23,24). The van der Waals surface area contributed by atoms with Gasteiger partial charge in [0.1, 0.15) is 5.75 Å². The molecule has 29 heavy (non-hydrogen) atoms. The Hall–Kier alpha value is -3.20. The van der Waals surface area contributed by atoms with Gasteiger partial charge < -0.3 is 9.15 Å². The molecule has 1 heterocycles. The van der Waals surface area contributed by atoms with Crippen LogP contribution in [-0.4, -0.2) is 37.9 Å². The number of nitrogens with zero attached hydrogens (tertiary/aromatic N) is 2. The molecular formula is C20H21N3O5S. The molecule has 0 bridgehead atoms. The van der Waals surface area contributed by atoms with Crippen molar-refractivity contribution in [1.29, 1.82) is 0 Å². The highest BCUT2D eigenvalue weighted by molar-refractivity contribution is 7.90. The number of nitrogens with one attached hydrogen (secondary N) is 1. The van der Waals surface area contributed by atoms with Gasteiger partial charge in [0.15, 0.2) is 9.84 Å². The van der Waals surface area contributed by atoms with Crippen molar-refractivity contribution in [2.24, 2.45) is 0 Å². The highest BCUT2D eigenvalue weighted by Gasteiger charge is 2.12. The van der Waals surface area contributed by atoms with Crippen LogP contribution >= 0.6 is 0 Å². The topological polar surface area (TPSA) is 111 Å². The van der Waals surface area contributed by atoms with Crippen LogP contribution in [0, 0.1) is 6.92 Å². The van der Waals surface area contributed by atoms with Crippen LogP contribution in [0.1, 0.15) is 22.6 Å². The fraction of sp³-hybridized carbons (Fsp3) is 0.250. The molecule has 0 atom stereocenters. The fourth-order valence-corrected chi connectivity index (χ4v) is 3.43. The second-order valence-corrected chi connectivity index (χ2v) is 8.64. The number of hydrogen-bond acceptors (Lipinski definition) is 7. The van der Waals surface area contributed by atoms with Crippen molar-refractivity contribution in [1.82, 2.24) is 10.2 Å². The molecule has 0 radical (unpaired) electrons. The Bertz CT molecular complexity index is 1120. The molecule has 0 aliphatic carbocycles. The molecule has 152 valence electrons. The predicted octanol–water partition coefficient (Wildman–Crippen LogP) is 2.56. The number of carbonyl (C=O) groups is 1. The van der Waals surface area contributed by atoms with Crippen molar-refractivity contribution in [2.45, 2.75) is 24.7 Å². The molecule has 1 N–H and O–H groups in total. The van der Waals surface area contributed by atoms with Gasteiger partial charge in [-0.15, -0.1) is 5.10 Å². The van der Waals surface area contributed by atoms with Crippen molar-refractivity contribution in [3.63, 3.8) is 0 Å². The van der Waals surface area contributed by atoms with Gasteiger partial charge in [-0.2, -0.15) is 0 Å². The number of anilines is 1. The molecule has 2 aromatic carbocycles. The lowest BCUT2D eigenvalue weighted by atomic mass is 10.1. The first-order valence-corrected chi connectivity index (χ1v) is 10.7. The zero-order valence-corrected chi connectivity index (χ0v) is 17.1. The van der Waals surface area contributed by atoms with Crippen LogP contribution in [0.25, 0.3) is 0 Å². The minimum absolute atomic E-state index is 0.0167. The number of carbonyl (C=O) groups excluding carboxylic acids is 1. The summed E-state index contributed by atoms with van der Waals surface area (Å²) in [5, 5.41) is 10.3. The smallest absolute Gasteiger partial charge is 0.322 e. The molecule has 9 heteroatoms. The molecule has 8 nitrogen and oxygen atoms in total. The van der Waals surface area contributed by atoms with Gasteiger partial charge in [0.2, 0.25) is 11.8 Å². The Morgan fingerprint density at radius 3 is 2.41 bits per heavy atom. The van der Waals surface area contributed by atoms with Crippen molar-refractivity contribution in [2.75, 3.05) is 18.7 Å². The zero-order valence-electron chi connectivity index (χ0n) is 16.3. The van der Waals surface area contributed by atoms with E-state index in [1.165, 1.54) is 12.1 Å². The van der Waals surface area contributed by atoms with E-state index in [0.29, 0.717) is 12.3 Å². The van der Waals surface area contributed by atoms with Crippen molar-refractivity contribution < 1.29 is 22.4 Å². The van der Waals surface area contributed by atoms with E-state index in [1.54, 1.807) is 19.2 Å². The third-order valence-electron chi connectivity index (χ3n) is 4.24. The number of hydrogen-bond donors (Lipinski definition) is 1. The van der Waals surface area contributed by atoms with E-state index < -0.39 is 9.84 Å². The van der Waals surface area contributed by atoms with Gasteiger partial charge in [-0.3, -0.25) is 10.1 Å². The lowest BCUT2D eigenvalue weighted by Crippen LogP contribution is -2.14. The monoisotopic (exact) mass is 415 g/mol. The Morgan fingerprint density at radius 2 is 1.79 bits per heavy atom. The maximum absolute atomic E-state index is 12.2. The molecule has 0 aliphatic rings. The first-order valence-electron chi connectivity index (χ1n) is 8.79. The van der Waals surface area contributed by atoms with Crippen molar-refractivity contribution in [3.05, 3.63) is 65.0 Å². The maximum Gasteiger partial charge on any atom is 0.322 e. The minimum atomic E-state index is -3.24. The normalized spacial score (nSPS) is 11.3. The Balaban J connectivity index is 1.59. The molecule has 0 saturated carbocycles. The van der Waals surface area contributed by atoms with Gasteiger partial charge in [-0.25, -0.2) is 8.42 Å². The van der Waals surface area contributed by atoms with Crippen LogP contribution < -0.4 is 10.1 Å². The molecule has 1 amide bonds. The number of amides is 1. The minimum Gasteiger partial charge on any atom is -0.496 e. The summed E-state index contributed by atoms with van der Waals surface area (Å²) in [4.78, 5) is 12.5. The Kier molecular flexibility index (Phi) is 5.97. The molecule has 3 rings (SSSR count). The van der Waals surface area contributed by atoms with Gasteiger partial charge in [0, 0.05) is 6.26 Å². The van der Waals surface area contributed by atoms with Crippen LogP contribution in [0.4, 0.5) is 6.01 Å². The van der Waals surface area contributed by atoms with Gasteiger partial charge in [0.05, 0.1) is 24.8 Å². The summed E-state index contributed by atoms with van der Waals surface area (Å²) in [6.45, 7) is 1.91. The first kappa shape index (κ1) is 20.5. The molecule has 0 unspecified atom stereocenters. The Morgan fingerprint density at radius 1 is 1.10 bits per heavy atom. The molecule has 1 aromatic heterocycles. The molecule has 0 spiro atoms. The number of sulfone groups is 1.